The van der Waals surface area contributed by atoms with Gasteiger partial charge in [-0.25, -0.2) is 4.79 Å². The van der Waals surface area contributed by atoms with E-state index in [1.165, 1.54) is 7.11 Å². The van der Waals surface area contributed by atoms with Crippen molar-refractivity contribution in [1.82, 2.24) is 0 Å². The first-order valence-electron chi connectivity index (χ1n) is 6.48. The van der Waals surface area contributed by atoms with Crippen LogP contribution in [0.1, 0.15) is 21.5 Å². The first-order valence-corrected chi connectivity index (χ1v) is 6.85. The lowest BCUT2D eigenvalue weighted by Crippen LogP contribution is -2.00. The Labute approximate surface area is 129 Å². The van der Waals surface area contributed by atoms with E-state index in [1.807, 2.05) is 49.5 Å². The number of hydrogen-bond acceptors (Lipinski definition) is 3. The zero-order valence-electron chi connectivity index (χ0n) is 11.9. The molecule has 3 nitrogen and oxygen atoms in total. The third-order valence-corrected chi connectivity index (χ3v) is 3.31. The van der Waals surface area contributed by atoms with Crippen molar-refractivity contribution in [3.05, 3.63) is 64.2 Å². The minimum Gasteiger partial charge on any atom is -0.465 e. The summed E-state index contributed by atoms with van der Waals surface area (Å²) in [6, 6.07) is 12.9. The predicted octanol–water partition coefficient (Wildman–Crippen LogP) is 4.34. The van der Waals surface area contributed by atoms with Gasteiger partial charge in [-0.2, -0.15) is 0 Å². The number of carbonyl (C=O) groups is 1. The fourth-order valence-corrected chi connectivity index (χ4v) is 2.11. The second-order valence-corrected chi connectivity index (χ2v) is 4.86. The predicted molar refractivity (Wildman–Crippen MR) is 87.7 cm³/mol. The van der Waals surface area contributed by atoms with Gasteiger partial charge in [-0.1, -0.05) is 35.9 Å². The SMILES string of the molecule is CNc1ccc(Cl)cc1/C=C\c1ccc(C(=O)OC)cc1. The van der Waals surface area contributed by atoms with Gasteiger partial charge in [0.1, 0.15) is 0 Å². The monoisotopic (exact) mass is 301 g/mol. The number of carbonyl (C=O) groups excluding carboxylic acids is 1. The number of hydrogen-bond donors (Lipinski definition) is 1. The lowest BCUT2D eigenvalue weighted by Gasteiger charge is -2.05. The van der Waals surface area contributed by atoms with Crippen LogP contribution in [-0.2, 0) is 4.74 Å². The van der Waals surface area contributed by atoms with Gasteiger partial charge in [-0.3, -0.25) is 0 Å². The molecule has 2 aromatic carbocycles. The van der Waals surface area contributed by atoms with E-state index in [0.717, 1.165) is 16.8 Å². The maximum Gasteiger partial charge on any atom is 0.337 e. The molecule has 0 aromatic heterocycles. The summed E-state index contributed by atoms with van der Waals surface area (Å²) in [5.41, 5.74) is 3.53. The summed E-state index contributed by atoms with van der Waals surface area (Å²) in [6.45, 7) is 0. The van der Waals surface area contributed by atoms with Gasteiger partial charge >= 0.3 is 5.97 Å². The summed E-state index contributed by atoms with van der Waals surface area (Å²) in [7, 11) is 3.24. The van der Waals surface area contributed by atoms with Crippen LogP contribution in [0.2, 0.25) is 5.02 Å². The highest BCUT2D eigenvalue weighted by Crippen LogP contribution is 2.22. The molecule has 2 rings (SSSR count). The molecule has 108 valence electrons. The molecule has 0 atom stereocenters. The van der Waals surface area contributed by atoms with Crippen molar-refractivity contribution in [3.63, 3.8) is 0 Å². The van der Waals surface area contributed by atoms with Crippen molar-refractivity contribution >= 4 is 35.4 Å². The minimum atomic E-state index is -0.335. The summed E-state index contributed by atoms with van der Waals surface area (Å²) in [5.74, 6) is -0.335. The standard InChI is InChI=1S/C17H16ClNO2/c1-19-16-10-9-15(18)11-14(16)8-5-12-3-6-13(7-4-12)17(20)21-2/h3-11,19H,1-2H3/b8-5-. The second kappa shape index (κ2) is 6.95. The van der Waals surface area contributed by atoms with Crippen LogP contribution >= 0.6 is 11.6 Å². The van der Waals surface area contributed by atoms with Crippen LogP contribution in [0.4, 0.5) is 5.69 Å². The lowest BCUT2D eigenvalue weighted by molar-refractivity contribution is 0.0601. The molecule has 0 saturated carbocycles. The van der Waals surface area contributed by atoms with E-state index in [1.54, 1.807) is 12.1 Å². The summed E-state index contributed by atoms with van der Waals surface area (Å²) in [6.07, 6.45) is 3.94. The van der Waals surface area contributed by atoms with Crippen molar-refractivity contribution in [2.75, 3.05) is 19.5 Å². The Kier molecular flexibility index (Phi) is 5.01. The fraction of sp³-hybridized carbons (Fsp3) is 0.118. The van der Waals surface area contributed by atoms with Crippen molar-refractivity contribution in [1.29, 1.82) is 0 Å². The largest absolute Gasteiger partial charge is 0.465 e. The molecule has 0 radical (unpaired) electrons. The third-order valence-electron chi connectivity index (χ3n) is 3.07. The molecule has 1 N–H and O–H groups in total. The number of ether oxygens (including phenoxy) is 1. The Balaban J connectivity index is 2.21. The zero-order chi connectivity index (χ0) is 15.2. The Bertz CT molecular complexity index is 663. The maximum atomic E-state index is 11.4. The number of anilines is 1. The van der Waals surface area contributed by atoms with Crippen molar-refractivity contribution in [2.45, 2.75) is 0 Å². The smallest absolute Gasteiger partial charge is 0.337 e. The van der Waals surface area contributed by atoms with Crippen molar-refractivity contribution in [3.8, 4) is 0 Å². The summed E-state index contributed by atoms with van der Waals surface area (Å²) in [5, 5.41) is 3.81. The summed E-state index contributed by atoms with van der Waals surface area (Å²) < 4.78 is 4.67. The first-order chi connectivity index (χ1) is 10.1. The Morgan fingerprint density at radius 2 is 1.86 bits per heavy atom. The molecular weight excluding hydrogens is 286 g/mol. The molecule has 0 aliphatic carbocycles. The normalized spacial score (nSPS) is 10.6. The second-order valence-electron chi connectivity index (χ2n) is 4.43. The van der Waals surface area contributed by atoms with Gasteiger partial charge in [0, 0.05) is 17.8 Å². The van der Waals surface area contributed by atoms with Gasteiger partial charge in [0.15, 0.2) is 0 Å². The molecule has 0 fully saturated rings. The molecule has 0 aliphatic rings. The number of benzene rings is 2. The third kappa shape index (κ3) is 3.86. The van der Waals surface area contributed by atoms with Gasteiger partial charge in [-0.05, 0) is 41.5 Å². The number of halogens is 1. The highest BCUT2D eigenvalue weighted by atomic mass is 35.5. The molecule has 0 unspecified atom stereocenters. The minimum absolute atomic E-state index is 0.335. The topological polar surface area (TPSA) is 38.3 Å². The van der Waals surface area contributed by atoms with E-state index in [9.17, 15) is 4.79 Å². The van der Waals surface area contributed by atoms with E-state index < -0.39 is 0 Å². The van der Waals surface area contributed by atoms with Crippen LogP contribution in [0, 0.1) is 0 Å². The first kappa shape index (κ1) is 15.1. The molecule has 2 aromatic rings. The van der Waals surface area contributed by atoms with Gasteiger partial charge in [-0.15, -0.1) is 0 Å². The van der Waals surface area contributed by atoms with E-state index >= 15 is 0 Å². The number of methoxy groups -OCH3 is 1. The van der Waals surface area contributed by atoms with Crippen LogP contribution < -0.4 is 5.32 Å². The Hall–Kier alpha value is -2.26. The average Bonchev–Trinajstić information content (AvgIpc) is 2.52. The van der Waals surface area contributed by atoms with Crippen LogP contribution in [0.3, 0.4) is 0 Å². The van der Waals surface area contributed by atoms with Crippen molar-refractivity contribution in [2.24, 2.45) is 0 Å². The fourth-order valence-electron chi connectivity index (χ4n) is 1.93. The zero-order valence-corrected chi connectivity index (χ0v) is 12.6. The highest BCUT2D eigenvalue weighted by molar-refractivity contribution is 6.30. The average molecular weight is 302 g/mol. The maximum absolute atomic E-state index is 11.4. The molecule has 0 spiro atoms. The Morgan fingerprint density at radius 1 is 1.14 bits per heavy atom. The number of esters is 1. The molecule has 21 heavy (non-hydrogen) atoms. The molecular formula is C17H16ClNO2. The summed E-state index contributed by atoms with van der Waals surface area (Å²) >= 11 is 6.01. The molecule has 0 heterocycles. The van der Waals surface area contributed by atoms with E-state index in [0.29, 0.717) is 10.6 Å². The van der Waals surface area contributed by atoms with Gasteiger partial charge in [0.2, 0.25) is 0 Å². The van der Waals surface area contributed by atoms with Crippen LogP contribution in [0.25, 0.3) is 12.2 Å². The van der Waals surface area contributed by atoms with Crippen LogP contribution in [-0.4, -0.2) is 20.1 Å². The highest BCUT2D eigenvalue weighted by Gasteiger charge is 2.03. The summed E-state index contributed by atoms with van der Waals surface area (Å²) in [4.78, 5) is 11.4. The lowest BCUT2D eigenvalue weighted by atomic mass is 10.1. The van der Waals surface area contributed by atoms with Gasteiger partial charge < -0.3 is 10.1 Å². The van der Waals surface area contributed by atoms with Crippen LogP contribution in [0.5, 0.6) is 0 Å². The van der Waals surface area contributed by atoms with E-state index in [-0.39, 0.29) is 5.97 Å². The van der Waals surface area contributed by atoms with E-state index in [2.05, 4.69) is 10.1 Å². The molecule has 4 heteroatoms. The molecule has 0 amide bonds. The number of nitrogens with one attached hydrogen (secondary N) is 1. The van der Waals surface area contributed by atoms with Crippen LogP contribution in [0.15, 0.2) is 42.5 Å². The molecule has 0 aliphatic heterocycles. The molecule has 0 bridgehead atoms. The van der Waals surface area contributed by atoms with Gasteiger partial charge in [0.25, 0.3) is 0 Å². The van der Waals surface area contributed by atoms with E-state index in [4.69, 9.17) is 11.6 Å². The quantitative estimate of drug-likeness (QED) is 0.674. The van der Waals surface area contributed by atoms with Gasteiger partial charge in [0.05, 0.1) is 12.7 Å². The molecule has 0 saturated heterocycles. The van der Waals surface area contributed by atoms with Crippen molar-refractivity contribution < 1.29 is 9.53 Å². The number of rotatable bonds is 4. The Morgan fingerprint density at radius 3 is 2.48 bits per heavy atom.